The highest BCUT2D eigenvalue weighted by Gasteiger charge is 2.30. The number of hydrogen-bond donors (Lipinski definition) is 3. The number of rotatable bonds is 2. The van der Waals surface area contributed by atoms with Gasteiger partial charge in [-0.3, -0.25) is 0 Å². The van der Waals surface area contributed by atoms with Crippen LogP contribution in [0.3, 0.4) is 0 Å². The summed E-state index contributed by atoms with van der Waals surface area (Å²) in [5, 5.41) is 29.6. The minimum Gasteiger partial charge on any atom is -0.508 e. The van der Waals surface area contributed by atoms with Gasteiger partial charge in [-0.2, -0.15) is 0 Å². The fourth-order valence-electron chi connectivity index (χ4n) is 2.69. The summed E-state index contributed by atoms with van der Waals surface area (Å²) in [6, 6.07) is 2.28. The van der Waals surface area contributed by atoms with Crippen LogP contribution in [0, 0.1) is 5.92 Å². The second kappa shape index (κ2) is 5.00. The summed E-state index contributed by atoms with van der Waals surface area (Å²) < 4.78 is 22.7. The first-order valence-corrected chi connectivity index (χ1v) is 6.22. The fourth-order valence-corrected chi connectivity index (χ4v) is 2.69. The molecule has 1 aromatic carbocycles. The topological polar surface area (TPSA) is 60.7 Å². The maximum absolute atomic E-state index is 10.1. The van der Waals surface area contributed by atoms with Gasteiger partial charge >= 0.3 is 0 Å². The summed E-state index contributed by atoms with van der Waals surface area (Å²) in [5.41, 5.74) is 1.41. The Morgan fingerprint density at radius 1 is 1.32 bits per heavy atom. The third-order valence-electron chi connectivity index (χ3n) is 3.63. The Morgan fingerprint density at radius 2 is 1.95 bits per heavy atom. The highest BCUT2D eigenvalue weighted by atomic mass is 16.3. The van der Waals surface area contributed by atoms with Crippen molar-refractivity contribution in [3.05, 3.63) is 41.5 Å². The molecule has 0 unspecified atom stereocenters. The van der Waals surface area contributed by atoms with Crippen molar-refractivity contribution in [1.82, 2.24) is 0 Å². The van der Waals surface area contributed by atoms with Crippen LogP contribution in [0.4, 0.5) is 0 Å². The lowest BCUT2D eigenvalue weighted by atomic mass is 9.74. The highest BCUT2D eigenvalue weighted by Crippen LogP contribution is 2.47. The van der Waals surface area contributed by atoms with E-state index in [9.17, 15) is 15.3 Å². The first-order chi connectivity index (χ1) is 10.1. The van der Waals surface area contributed by atoms with Crippen molar-refractivity contribution in [1.29, 1.82) is 0 Å². The number of phenols is 3. The van der Waals surface area contributed by atoms with Gasteiger partial charge in [0.2, 0.25) is 0 Å². The van der Waals surface area contributed by atoms with Crippen molar-refractivity contribution in [2.24, 2.45) is 5.92 Å². The number of aromatic hydroxyl groups is 3. The van der Waals surface area contributed by atoms with Gasteiger partial charge in [0.1, 0.15) is 17.2 Å². The fraction of sp³-hybridized carbons (Fsp3) is 0.375. The number of phenolic OH excluding ortho intramolecular Hbond substituents is 3. The van der Waals surface area contributed by atoms with E-state index in [1.54, 1.807) is 6.08 Å². The molecular weight excluding hydrogens is 240 g/mol. The van der Waals surface area contributed by atoms with Gasteiger partial charge in [0.05, 0.1) is 0 Å². The van der Waals surface area contributed by atoms with Crippen molar-refractivity contribution >= 4 is 0 Å². The summed E-state index contributed by atoms with van der Waals surface area (Å²) >= 11 is 0. The van der Waals surface area contributed by atoms with Crippen LogP contribution in [0.5, 0.6) is 17.2 Å². The molecule has 0 heterocycles. The average Bonchev–Trinajstić information content (AvgIpc) is 2.36. The van der Waals surface area contributed by atoms with E-state index in [1.807, 2.05) is 6.92 Å². The molecule has 0 aromatic heterocycles. The highest BCUT2D eigenvalue weighted by molar-refractivity contribution is 5.53. The Bertz CT molecular complexity index is 609. The summed E-state index contributed by atoms with van der Waals surface area (Å²) in [7, 11) is 0. The zero-order chi connectivity index (χ0) is 16.7. The van der Waals surface area contributed by atoms with Gasteiger partial charge in [0.15, 0.2) is 0 Å². The van der Waals surface area contributed by atoms with Gasteiger partial charge in [-0.15, -0.1) is 0 Å². The second-order valence-corrected chi connectivity index (χ2v) is 5.11. The minimum atomic E-state index is -2.19. The lowest BCUT2D eigenvalue weighted by Crippen LogP contribution is -2.17. The zero-order valence-electron chi connectivity index (χ0n) is 13.8. The van der Waals surface area contributed by atoms with E-state index in [-0.39, 0.29) is 28.7 Å². The van der Waals surface area contributed by atoms with E-state index in [1.165, 1.54) is 0 Å². The Kier molecular flexibility index (Phi) is 2.62. The van der Waals surface area contributed by atoms with E-state index < -0.39 is 12.8 Å². The zero-order valence-corrected chi connectivity index (χ0v) is 10.8. The maximum atomic E-state index is 10.1. The average molecular weight is 263 g/mol. The smallest absolute Gasteiger partial charge is 0.126 e. The van der Waals surface area contributed by atoms with Crippen LogP contribution in [0.25, 0.3) is 0 Å². The van der Waals surface area contributed by atoms with Gasteiger partial charge in [-0.25, -0.2) is 0 Å². The monoisotopic (exact) mass is 263 g/mol. The second-order valence-electron chi connectivity index (χ2n) is 5.11. The molecule has 0 amide bonds. The molecule has 0 saturated carbocycles. The molecule has 2 atom stereocenters. The minimum absolute atomic E-state index is 0.0764. The van der Waals surface area contributed by atoms with Gasteiger partial charge in [0, 0.05) is 27.7 Å². The molecule has 0 radical (unpaired) electrons. The molecule has 1 aliphatic carbocycles. The van der Waals surface area contributed by atoms with Crippen molar-refractivity contribution in [2.75, 3.05) is 0 Å². The summed E-state index contributed by atoms with van der Waals surface area (Å²) in [6.45, 7) is 3.59. The van der Waals surface area contributed by atoms with Gasteiger partial charge < -0.3 is 15.3 Å². The van der Waals surface area contributed by atoms with Crippen molar-refractivity contribution < 1.29 is 19.4 Å². The van der Waals surface area contributed by atoms with E-state index in [0.29, 0.717) is 18.4 Å². The maximum Gasteiger partial charge on any atom is 0.126 e. The van der Waals surface area contributed by atoms with Crippen LogP contribution >= 0.6 is 0 Å². The molecule has 1 aromatic rings. The predicted octanol–water partition coefficient (Wildman–Crippen LogP) is 3.82. The third kappa shape index (κ3) is 2.60. The van der Waals surface area contributed by atoms with Crippen LogP contribution in [0.15, 0.2) is 35.9 Å². The molecule has 102 valence electrons. The van der Waals surface area contributed by atoms with E-state index >= 15 is 0 Å². The molecule has 19 heavy (non-hydrogen) atoms. The third-order valence-corrected chi connectivity index (χ3v) is 3.63. The van der Waals surface area contributed by atoms with Crippen molar-refractivity contribution in [3.8, 4) is 17.2 Å². The van der Waals surface area contributed by atoms with Gasteiger partial charge in [-0.05, 0) is 32.5 Å². The lowest BCUT2D eigenvalue weighted by Gasteiger charge is -2.31. The Balaban J connectivity index is 2.58. The van der Waals surface area contributed by atoms with Gasteiger partial charge in [0.25, 0.3) is 0 Å². The number of allylic oxidation sites excluding steroid dienone is 3. The largest absolute Gasteiger partial charge is 0.508 e. The molecule has 3 nitrogen and oxygen atoms in total. The molecule has 2 rings (SSSR count). The van der Waals surface area contributed by atoms with Crippen LogP contribution in [0.2, 0.25) is 0 Å². The summed E-state index contributed by atoms with van der Waals surface area (Å²) in [6.07, 6.45) is 2.62. The van der Waals surface area contributed by atoms with Crippen LogP contribution in [-0.4, -0.2) is 15.3 Å². The summed E-state index contributed by atoms with van der Waals surface area (Å²) in [4.78, 5) is 0. The molecule has 3 heteroatoms. The van der Waals surface area contributed by atoms with Crippen LogP contribution < -0.4 is 0 Å². The SMILES string of the molecule is [2H]C([2H])([2H])C1=C[C@@H](c2c(O)cc(O)cc2O)[C@H](C(=C)C)CC1. The molecule has 0 aliphatic heterocycles. The molecule has 0 fully saturated rings. The van der Waals surface area contributed by atoms with E-state index in [4.69, 9.17) is 4.11 Å². The van der Waals surface area contributed by atoms with Gasteiger partial charge in [-0.1, -0.05) is 23.8 Å². The quantitative estimate of drug-likeness (QED) is 0.711. The molecule has 3 N–H and O–H groups in total. The number of hydrogen-bond acceptors (Lipinski definition) is 3. The van der Waals surface area contributed by atoms with Crippen LogP contribution in [0.1, 0.15) is 42.2 Å². The van der Waals surface area contributed by atoms with E-state index in [0.717, 1.165) is 17.7 Å². The first kappa shape index (κ1) is 9.96. The van der Waals surface area contributed by atoms with Crippen LogP contribution in [-0.2, 0) is 0 Å². The Labute approximate surface area is 117 Å². The molecule has 0 bridgehead atoms. The molecule has 0 spiro atoms. The molecule has 0 saturated heterocycles. The molecular formula is C16H20O3. The predicted molar refractivity (Wildman–Crippen MR) is 75.5 cm³/mol. The Hall–Kier alpha value is -1.90. The normalized spacial score (nSPS) is 25.9. The lowest BCUT2D eigenvalue weighted by molar-refractivity contribution is 0.396. The Morgan fingerprint density at radius 3 is 2.47 bits per heavy atom. The van der Waals surface area contributed by atoms with Crippen molar-refractivity contribution in [3.63, 3.8) is 0 Å². The van der Waals surface area contributed by atoms with Crippen molar-refractivity contribution in [2.45, 2.75) is 32.5 Å². The molecule has 1 aliphatic rings. The van der Waals surface area contributed by atoms with E-state index in [2.05, 4.69) is 6.58 Å². The standard InChI is InChI=1S/C16H20O3/c1-9(2)12-5-4-10(3)6-13(12)16-14(18)7-11(17)8-15(16)19/h6-8,12-13,17-19H,1,4-5H2,2-3H3/t12-,13+/m0/s1/i3D3. The first-order valence-electron chi connectivity index (χ1n) is 7.72. The summed E-state index contributed by atoms with van der Waals surface area (Å²) in [5.74, 6) is -1.32. The number of benzene rings is 1.